The molecule has 0 aliphatic carbocycles. The van der Waals surface area contributed by atoms with E-state index in [0.717, 1.165) is 16.8 Å². The number of carbonyl (C=O) groups is 2. The van der Waals surface area contributed by atoms with Gasteiger partial charge in [-0.05, 0) is 36.6 Å². The van der Waals surface area contributed by atoms with Gasteiger partial charge >= 0.3 is 6.03 Å². The highest BCUT2D eigenvalue weighted by atomic mass is 16.5. The SMILES string of the molecule is C[C@@H](OCc1ccccc1)C(=O)N1C(=O)N(c2ccccc2)C[C@@H]1Cc1ccccc1. The number of carbonyl (C=O) groups excluding carboxylic acids is 2. The van der Waals surface area contributed by atoms with Crippen molar-refractivity contribution in [3.8, 4) is 0 Å². The lowest BCUT2D eigenvalue weighted by Gasteiger charge is -2.24. The average Bonchev–Trinajstić information content (AvgIpc) is 3.14. The van der Waals surface area contributed by atoms with Crippen LogP contribution in [-0.2, 0) is 22.6 Å². The lowest BCUT2D eigenvalue weighted by molar-refractivity contribution is -0.141. The molecule has 1 fully saturated rings. The van der Waals surface area contributed by atoms with Crippen LogP contribution in [0.5, 0.6) is 0 Å². The van der Waals surface area contributed by atoms with E-state index in [0.29, 0.717) is 19.6 Å². The van der Waals surface area contributed by atoms with Gasteiger partial charge in [0.25, 0.3) is 5.91 Å². The fourth-order valence-electron chi connectivity index (χ4n) is 3.86. The van der Waals surface area contributed by atoms with Gasteiger partial charge in [0.15, 0.2) is 0 Å². The van der Waals surface area contributed by atoms with Crippen LogP contribution >= 0.6 is 0 Å². The number of amides is 3. The third kappa shape index (κ3) is 4.84. The Kier molecular flexibility index (Phi) is 6.43. The van der Waals surface area contributed by atoms with E-state index >= 15 is 0 Å². The lowest BCUT2D eigenvalue weighted by Crippen LogP contribution is -2.46. The summed E-state index contributed by atoms with van der Waals surface area (Å²) < 4.78 is 5.83. The lowest BCUT2D eigenvalue weighted by atomic mass is 10.1. The number of hydrogen-bond acceptors (Lipinski definition) is 3. The van der Waals surface area contributed by atoms with Crippen LogP contribution in [0.4, 0.5) is 10.5 Å². The third-order valence-electron chi connectivity index (χ3n) is 5.51. The quantitative estimate of drug-likeness (QED) is 0.564. The Hall–Kier alpha value is -3.44. The van der Waals surface area contributed by atoms with Crippen molar-refractivity contribution in [1.29, 1.82) is 0 Å². The van der Waals surface area contributed by atoms with Crippen molar-refractivity contribution in [3.63, 3.8) is 0 Å². The molecule has 3 aromatic carbocycles. The van der Waals surface area contributed by atoms with Gasteiger partial charge in [0.05, 0.1) is 12.6 Å². The van der Waals surface area contributed by atoms with Crippen LogP contribution in [0.3, 0.4) is 0 Å². The second-order valence-corrected chi connectivity index (χ2v) is 7.72. The number of hydrogen-bond donors (Lipinski definition) is 0. The zero-order valence-electron chi connectivity index (χ0n) is 17.6. The molecule has 5 heteroatoms. The molecule has 1 aliphatic heterocycles. The molecule has 5 nitrogen and oxygen atoms in total. The van der Waals surface area contributed by atoms with Gasteiger partial charge in [-0.25, -0.2) is 4.79 Å². The molecule has 0 spiro atoms. The largest absolute Gasteiger partial charge is 0.364 e. The van der Waals surface area contributed by atoms with Crippen LogP contribution in [0, 0.1) is 0 Å². The first-order valence-corrected chi connectivity index (χ1v) is 10.5. The first-order chi connectivity index (χ1) is 15.1. The minimum absolute atomic E-state index is 0.259. The predicted molar refractivity (Wildman–Crippen MR) is 121 cm³/mol. The van der Waals surface area contributed by atoms with Crippen LogP contribution in [0.15, 0.2) is 91.0 Å². The van der Waals surface area contributed by atoms with Crippen molar-refractivity contribution < 1.29 is 14.3 Å². The van der Waals surface area contributed by atoms with Gasteiger partial charge in [-0.3, -0.25) is 14.6 Å². The van der Waals surface area contributed by atoms with E-state index in [-0.39, 0.29) is 18.0 Å². The molecular formula is C26H26N2O3. The summed E-state index contributed by atoms with van der Waals surface area (Å²) in [6.07, 6.45) is -0.120. The number of ether oxygens (including phenoxy) is 1. The van der Waals surface area contributed by atoms with Crippen LogP contribution in [-0.4, -0.2) is 35.5 Å². The normalized spacial score (nSPS) is 17.1. The Balaban J connectivity index is 1.53. The van der Waals surface area contributed by atoms with E-state index in [1.54, 1.807) is 11.8 Å². The summed E-state index contributed by atoms with van der Waals surface area (Å²) >= 11 is 0. The van der Waals surface area contributed by atoms with Crippen LogP contribution in [0.1, 0.15) is 18.1 Å². The number of imide groups is 1. The molecule has 158 valence electrons. The second kappa shape index (κ2) is 9.58. The van der Waals surface area contributed by atoms with Gasteiger partial charge in [0, 0.05) is 12.2 Å². The Morgan fingerprint density at radius 1 is 0.903 bits per heavy atom. The number of urea groups is 1. The van der Waals surface area contributed by atoms with Gasteiger partial charge < -0.3 is 4.74 Å². The standard InChI is InChI=1S/C26H26N2O3/c1-20(31-19-22-13-7-3-8-14-22)25(29)28-24(17-21-11-5-2-6-12-21)18-27(26(28)30)23-15-9-4-10-16-23/h2-16,20,24H,17-19H2,1H3/t20-,24+/m1/s1. The van der Waals surface area contributed by atoms with E-state index in [1.807, 2.05) is 91.0 Å². The molecule has 1 aliphatic rings. The highest BCUT2D eigenvalue weighted by Crippen LogP contribution is 2.27. The highest BCUT2D eigenvalue weighted by Gasteiger charge is 2.43. The molecule has 0 bridgehead atoms. The summed E-state index contributed by atoms with van der Waals surface area (Å²) in [6.45, 7) is 2.49. The maximum atomic E-state index is 13.3. The monoisotopic (exact) mass is 414 g/mol. The molecule has 0 N–H and O–H groups in total. The number of benzene rings is 3. The Bertz CT molecular complexity index is 1010. The summed E-state index contributed by atoms with van der Waals surface area (Å²) in [7, 11) is 0. The molecule has 1 heterocycles. The van der Waals surface area contributed by atoms with Crippen molar-refractivity contribution >= 4 is 17.6 Å². The molecule has 1 saturated heterocycles. The van der Waals surface area contributed by atoms with E-state index in [1.165, 1.54) is 4.90 Å². The number of anilines is 1. The predicted octanol–water partition coefficient (Wildman–Crippen LogP) is 4.67. The molecule has 0 unspecified atom stereocenters. The molecule has 0 radical (unpaired) electrons. The molecule has 31 heavy (non-hydrogen) atoms. The van der Waals surface area contributed by atoms with E-state index in [4.69, 9.17) is 4.74 Å². The summed E-state index contributed by atoms with van der Waals surface area (Å²) in [6, 6.07) is 28.6. The first-order valence-electron chi connectivity index (χ1n) is 10.5. The van der Waals surface area contributed by atoms with E-state index in [9.17, 15) is 9.59 Å². The van der Waals surface area contributed by atoms with Gasteiger partial charge in [-0.15, -0.1) is 0 Å². The minimum Gasteiger partial charge on any atom is -0.364 e. The number of nitrogens with zero attached hydrogens (tertiary/aromatic N) is 2. The Morgan fingerprint density at radius 2 is 1.45 bits per heavy atom. The van der Waals surface area contributed by atoms with Crippen molar-refractivity contribution in [2.45, 2.75) is 32.1 Å². The Labute approximate surface area is 182 Å². The average molecular weight is 415 g/mol. The van der Waals surface area contributed by atoms with E-state index < -0.39 is 6.10 Å². The van der Waals surface area contributed by atoms with Gasteiger partial charge in [0.2, 0.25) is 0 Å². The topological polar surface area (TPSA) is 49.9 Å². The first kappa shape index (κ1) is 20.8. The maximum Gasteiger partial charge on any atom is 0.331 e. The summed E-state index contributed by atoms with van der Waals surface area (Å²) in [5, 5.41) is 0. The smallest absolute Gasteiger partial charge is 0.331 e. The van der Waals surface area contributed by atoms with Crippen LogP contribution < -0.4 is 4.90 Å². The fourth-order valence-corrected chi connectivity index (χ4v) is 3.86. The molecular weight excluding hydrogens is 388 g/mol. The fraction of sp³-hybridized carbons (Fsp3) is 0.231. The number of para-hydroxylation sites is 1. The third-order valence-corrected chi connectivity index (χ3v) is 5.51. The summed E-state index contributed by atoms with van der Waals surface area (Å²) in [4.78, 5) is 29.7. The summed E-state index contributed by atoms with van der Waals surface area (Å²) in [5.41, 5.74) is 2.87. The second-order valence-electron chi connectivity index (χ2n) is 7.72. The highest BCUT2D eigenvalue weighted by molar-refractivity contribution is 6.06. The minimum atomic E-state index is -0.724. The van der Waals surface area contributed by atoms with Crippen molar-refractivity contribution in [2.75, 3.05) is 11.4 Å². The zero-order chi connectivity index (χ0) is 21.6. The molecule has 4 rings (SSSR count). The molecule has 0 aromatic heterocycles. The molecule has 3 amide bonds. The molecule has 3 aromatic rings. The zero-order valence-corrected chi connectivity index (χ0v) is 17.6. The van der Waals surface area contributed by atoms with Gasteiger partial charge in [0.1, 0.15) is 6.10 Å². The van der Waals surface area contributed by atoms with Crippen LogP contribution in [0.2, 0.25) is 0 Å². The van der Waals surface area contributed by atoms with E-state index in [2.05, 4.69) is 0 Å². The van der Waals surface area contributed by atoms with Crippen molar-refractivity contribution in [2.24, 2.45) is 0 Å². The molecule has 2 atom stereocenters. The van der Waals surface area contributed by atoms with Crippen molar-refractivity contribution in [3.05, 3.63) is 102 Å². The molecule has 0 saturated carbocycles. The summed E-state index contributed by atoms with van der Waals surface area (Å²) in [5.74, 6) is -0.305. The van der Waals surface area contributed by atoms with Gasteiger partial charge in [-0.2, -0.15) is 0 Å². The van der Waals surface area contributed by atoms with Crippen molar-refractivity contribution in [1.82, 2.24) is 4.90 Å². The Morgan fingerprint density at radius 3 is 2.06 bits per heavy atom. The maximum absolute atomic E-state index is 13.3. The van der Waals surface area contributed by atoms with Gasteiger partial charge in [-0.1, -0.05) is 78.9 Å². The number of rotatable bonds is 7. The van der Waals surface area contributed by atoms with Crippen LogP contribution in [0.25, 0.3) is 0 Å².